The summed E-state index contributed by atoms with van der Waals surface area (Å²) < 4.78 is 29.4. The normalized spacial score (nSPS) is 13.6. The van der Waals surface area contributed by atoms with E-state index in [2.05, 4.69) is 13.8 Å². The molecule has 0 N–H and O–H groups in total. The maximum Gasteiger partial charge on any atom is 0.330 e. The van der Waals surface area contributed by atoms with Crippen LogP contribution >= 0.6 is 7.60 Å². The van der Waals surface area contributed by atoms with E-state index in [-0.39, 0.29) is 0 Å². The highest BCUT2D eigenvalue weighted by Crippen LogP contribution is 2.50. The predicted octanol–water partition coefficient (Wildman–Crippen LogP) is 6.19. The molecule has 0 saturated heterocycles. The van der Waals surface area contributed by atoms with Crippen LogP contribution < -0.4 is 4.74 Å². The molecule has 0 aliphatic rings. The molecule has 1 aromatic rings. The van der Waals surface area contributed by atoms with E-state index in [4.69, 9.17) is 13.8 Å². The average molecular weight is 356 g/mol. The van der Waals surface area contributed by atoms with Gasteiger partial charge in [-0.15, -0.1) is 0 Å². The Kier molecular flexibility index (Phi) is 11.1. The molecule has 0 aromatic heterocycles. The summed E-state index contributed by atoms with van der Waals surface area (Å²) in [5.74, 6) is 0.802. The van der Waals surface area contributed by atoms with Gasteiger partial charge < -0.3 is 13.8 Å². The van der Waals surface area contributed by atoms with Crippen molar-refractivity contribution in [2.45, 2.75) is 65.4 Å². The summed E-state index contributed by atoms with van der Waals surface area (Å²) in [6.45, 7) is 5.11. The number of methoxy groups -OCH3 is 1. The lowest BCUT2D eigenvalue weighted by Gasteiger charge is -2.18. The minimum absolute atomic E-state index is 0.306. The summed E-state index contributed by atoms with van der Waals surface area (Å²) in [6, 6.07) is 7.61. The van der Waals surface area contributed by atoms with E-state index in [9.17, 15) is 4.57 Å². The quantitative estimate of drug-likeness (QED) is 0.294. The molecule has 0 radical (unpaired) electrons. The van der Waals surface area contributed by atoms with E-state index in [0.29, 0.717) is 19.4 Å². The third kappa shape index (κ3) is 8.86. The van der Waals surface area contributed by atoms with Gasteiger partial charge in [0.25, 0.3) is 0 Å². The van der Waals surface area contributed by atoms with Gasteiger partial charge in [-0.2, -0.15) is 0 Å². The van der Waals surface area contributed by atoms with E-state index < -0.39 is 7.60 Å². The van der Waals surface area contributed by atoms with Crippen LogP contribution in [0.3, 0.4) is 0 Å². The predicted molar refractivity (Wildman–Crippen MR) is 99.9 cm³/mol. The molecule has 0 aliphatic heterocycles. The molecule has 0 aliphatic carbocycles. The second kappa shape index (κ2) is 12.5. The van der Waals surface area contributed by atoms with Crippen molar-refractivity contribution in [2.24, 2.45) is 0 Å². The minimum Gasteiger partial charge on any atom is -0.497 e. The molecule has 0 spiro atoms. The largest absolute Gasteiger partial charge is 0.497 e. The lowest BCUT2D eigenvalue weighted by atomic mass is 10.2. The first-order valence-corrected chi connectivity index (χ1v) is 10.9. The SMILES string of the molecule is CCCCCCCOP(=O)(CCCC)OCc1ccc(OC)cc1. The van der Waals surface area contributed by atoms with E-state index in [1.54, 1.807) is 7.11 Å². The monoisotopic (exact) mass is 356 g/mol. The Morgan fingerprint density at radius 2 is 1.54 bits per heavy atom. The molecular weight excluding hydrogens is 323 g/mol. The van der Waals surface area contributed by atoms with Crippen LogP contribution in [0.4, 0.5) is 0 Å². The van der Waals surface area contributed by atoms with Crippen LogP contribution in [0.2, 0.25) is 0 Å². The zero-order chi connectivity index (χ0) is 17.7. The molecule has 1 aromatic carbocycles. The van der Waals surface area contributed by atoms with Gasteiger partial charge >= 0.3 is 7.60 Å². The molecule has 4 nitrogen and oxygen atoms in total. The van der Waals surface area contributed by atoms with Crippen molar-refractivity contribution < 1.29 is 18.3 Å². The van der Waals surface area contributed by atoms with Crippen LogP contribution in [0.5, 0.6) is 5.75 Å². The van der Waals surface area contributed by atoms with Crippen LogP contribution in [0.15, 0.2) is 24.3 Å². The van der Waals surface area contributed by atoms with Gasteiger partial charge in [-0.3, -0.25) is 4.57 Å². The molecule has 1 rings (SSSR count). The highest BCUT2D eigenvalue weighted by molar-refractivity contribution is 7.53. The Hall–Kier alpha value is -0.830. The van der Waals surface area contributed by atoms with Crippen LogP contribution in [-0.2, 0) is 20.2 Å². The maximum atomic E-state index is 12.9. The fraction of sp³-hybridized carbons (Fsp3) is 0.684. The third-order valence-corrected chi connectivity index (χ3v) is 5.87. The Labute approximate surface area is 147 Å². The number of benzene rings is 1. The molecular formula is C19H33O4P. The molecule has 0 bridgehead atoms. The van der Waals surface area contributed by atoms with E-state index in [0.717, 1.165) is 37.0 Å². The van der Waals surface area contributed by atoms with E-state index >= 15 is 0 Å². The van der Waals surface area contributed by atoms with Gasteiger partial charge in [0.05, 0.1) is 26.5 Å². The molecule has 138 valence electrons. The van der Waals surface area contributed by atoms with Crippen molar-refractivity contribution in [3.05, 3.63) is 29.8 Å². The first kappa shape index (κ1) is 21.2. The average Bonchev–Trinajstić information content (AvgIpc) is 2.62. The van der Waals surface area contributed by atoms with Crippen LogP contribution in [0, 0.1) is 0 Å². The Morgan fingerprint density at radius 3 is 2.17 bits per heavy atom. The number of ether oxygens (including phenoxy) is 1. The van der Waals surface area contributed by atoms with Crippen molar-refractivity contribution in [1.82, 2.24) is 0 Å². The summed E-state index contributed by atoms with van der Waals surface area (Å²) in [4.78, 5) is 0. The second-order valence-electron chi connectivity index (χ2n) is 6.06. The summed E-state index contributed by atoms with van der Waals surface area (Å²) >= 11 is 0. The van der Waals surface area contributed by atoms with Crippen molar-refractivity contribution in [1.29, 1.82) is 0 Å². The molecule has 0 fully saturated rings. The van der Waals surface area contributed by atoms with Crippen LogP contribution in [0.1, 0.15) is 64.4 Å². The molecule has 5 heteroatoms. The molecule has 0 saturated carbocycles. The number of hydrogen-bond acceptors (Lipinski definition) is 4. The fourth-order valence-electron chi connectivity index (χ4n) is 2.32. The van der Waals surface area contributed by atoms with Crippen molar-refractivity contribution in [2.75, 3.05) is 19.9 Å². The summed E-state index contributed by atoms with van der Waals surface area (Å²) in [5, 5.41) is 0. The Bertz CT molecular complexity index is 473. The fourth-order valence-corrected chi connectivity index (χ4v) is 4.11. The lowest BCUT2D eigenvalue weighted by molar-refractivity contribution is 0.194. The lowest BCUT2D eigenvalue weighted by Crippen LogP contribution is -2.02. The molecule has 0 heterocycles. The van der Waals surface area contributed by atoms with Gasteiger partial charge in [-0.05, 0) is 30.5 Å². The highest BCUT2D eigenvalue weighted by atomic mass is 31.2. The molecule has 1 unspecified atom stereocenters. The van der Waals surface area contributed by atoms with Gasteiger partial charge in [0.15, 0.2) is 0 Å². The van der Waals surface area contributed by atoms with Crippen LogP contribution in [-0.4, -0.2) is 19.9 Å². The van der Waals surface area contributed by atoms with Gasteiger partial charge in [0.1, 0.15) is 5.75 Å². The number of rotatable bonds is 14. The first-order chi connectivity index (χ1) is 11.6. The van der Waals surface area contributed by atoms with E-state index in [1.165, 1.54) is 19.3 Å². The van der Waals surface area contributed by atoms with Crippen molar-refractivity contribution in [3.63, 3.8) is 0 Å². The smallest absolute Gasteiger partial charge is 0.330 e. The second-order valence-corrected chi connectivity index (χ2v) is 8.24. The van der Waals surface area contributed by atoms with Crippen molar-refractivity contribution >= 4 is 7.60 Å². The maximum absolute atomic E-state index is 12.9. The zero-order valence-electron chi connectivity index (χ0n) is 15.5. The van der Waals surface area contributed by atoms with Gasteiger partial charge in [-0.25, -0.2) is 0 Å². The van der Waals surface area contributed by atoms with Crippen LogP contribution in [0.25, 0.3) is 0 Å². The summed E-state index contributed by atoms with van der Waals surface area (Å²) in [6.07, 6.45) is 8.09. The third-order valence-electron chi connectivity index (χ3n) is 3.91. The molecule has 0 amide bonds. The summed E-state index contributed by atoms with van der Waals surface area (Å²) in [5.41, 5.74) is 0.971. The van der Waals surface area contributed by atoms with Gasteiger partial charge in [0.2, 0.25) is 0 Å². The zero-order valence-corrected chi connectivity index (χ0v) is 16.4. The van der Waals surface area contributed by atoms with Gasteiger partial charge in [0, 0.05) is 0 Å². The van der Waals surface area contributed by atoms with Crippen molar-refractivity contribution in [3.8, 4) is 5.75 Å². The van der Waals surface area contributed by atoms with Gasteiger partial charge in [-0.1, -0.05) is 58.1 Å². The Balaban J connectivity index is 2.44. The summed E-state index contributed by atoms with van der Waals surface area (Å²) in [7, 11) is -1.37. The number of hydrogen-bond donors (Lipinski definition) is 0. The topological polar surface area (TPSA) is 44.8 Å². The molecule has 24 heavy (non-hydrogen) atoms. The number of unbranched alkanes of at least 4 members (excludes halogenated alkanes) is 5. The molecule has 1 atom stereocenters. The minimum atomic E-state index is -3.01. The standard InChI is InChI=1S/C19H33O4P/c1-4-6-8-9-10-15-22-24(20,16-7-5-2)23-17-18-11-13-19(21-3)14-12-18/h11-14H,4-10,15-17H2,1-3H3. The highest BCUT2D eigenvalue weighted by Gasteiger charge is 2.23. The Morgan fingerprint density at radius 1 is 0.875 bits per heavy atom. The first-order valence-electron chi connectivity index (χ1n) is 9.14. The van der Waals surface area contributed by atoms with E-state index in [1.807, 2.05) is 24.3 Å².